The molecule has 1 aromatic heterocycles. The number of halogens is 1. The number of benzene rings is 1. The van der Waals surface area contributed by atoms with Crippen molar-refractivity contribution < 1.29 is 4.79 Å². The smallest absolute Gasteiger partial charge is 0.257 e. The number of nitrogens with one attached hydrogen (secondary N) is 2. The predicted octanol–water partition coefficient (Wildman–Crippen LogP) is 3.66. The molecule has 0 bridgehead atoms. The molecule has 2 N–H and O–H groups in total. The second-order valence-electron chi connectivity index (χ2n) is 5.93. The number of hydrogen-bond acceptors (Lipinski definition) is 4. The molecule has 2 rings (SSSR count). The molecule has 128 valence electrons. The summed E-state index contributed by atoms with van der Waals surface area (Å²) in [4.78, 5) is 18.7. The number of pyridine rings is 1. The van der Waals surface area contributed by atoms with Crippen LogP contribution in [-0.2, 0) is 0 Å². The van der Waals surface area contributed by atoms with E-state index < -0.39 is 0 Å². The highest BCUT2D eigenvalue weighted by Gasteiger charge is 2.08. The second kappa shape index (κ2) is 8.66. The lowest BCUT2D eigenvalue weighted by Gasteiger charge is -2.11. The lowest BCUT2D eigenvalue weighted by molar-refractivity contribution is 0.102. The first-order valence-electron chi connectivity index (χ1n) is 7.88. The highest BCUT2D eigenvalue weighted by molar-refractivity contribution is 6.30. The van der Waals surface area contributed by atoms with Gasteiger partial charge in [-0.3, -0.25) is 4.79 Å². The Kier molecular flexibility index (Phi) is 6.58. The molecular weight excluding hydrogens is 324 g/mol. The van der Waals surface area contributed by atoms with Crippen molar-refractivity contribution in [2.75, 3.05) is 37.8 Å². The zero-order valence-electron chi connectivity index (χ0n) is 14.3. The van der Waals surface area contributed by atoms with Crippen molar-refractivity contribution in [3.05, 3.63) is 52.7 Å². The Morgan fingerprint density at radius 2 is 2.04 bits per heavy atom. The molecule has 1 aromatic carbocycles. The Morgan fingerprint density at radius 3 is 2.67 bits per heavy atom. The van der Waals surface area contributed by atoms with Gasteiger partial charge in [-0.05, 0) is 69.9 Å². The second-order valence-corrected chi connectivity index (χ2v) is 6.37. The minimum absolute atomic E-state index is 0.188. The molecule has 0 fully saturated rings. The van der Waals surface area contributed by atoms with Gasteiger partial charge in [-0.25, -0.2) is 4.98 Å². The average Bonchev–Trinajstić information content (AvgIpc) is 2.54. The zero-order chi connectivity index (χ0) is 17.5. The van der Waals surface area contributed by atoms with Gasteiger partial charge < -0.3 is 15.5 Å². The molecule has 6 heteroatoms. The maximum Gasteiger partial charge on any atom is 0.257 e. The van der Waals surface area contributed by atoms with Crippen LogP contribution in [0, 0.1) is 6.92 Å². The van der Waals surface area contributed by atoms with Crippen LogP contribution in [0.2, 0.25) is 5.02 Å². The minimum Gasteiger partial charge on any atom is -0.370 e. The van der Waals surface area contributed by atoms with Crippen molar-refractivity contribution >= 4 is 29.0 Å². The Hall–Kier alpha value is -2.11. The zero-order valence-corrected chi connectivity index (χ0v) is 15.0. The fourth-order valence-corrected chi connectivity index (χ4v) is 2.43. The van der Waals surface area contributed by atoms with Gasteiger partial charge in [0.25, 0.3) is 5.91 Å². The highest BCUT2D eigenvalue weighted by atomic mass is 35.5. The van der Waals surface area contributed by atoms with Crippen LogP contribution in [0.25, 0.3) is 0 Å². The van der Waals surface area contributed by atoms with Crippen molar-refractivity contribution in [2.24, 2.45) is 0 Å². The van der Waals surface area contributed by atoms with Gasteiger partial charge in [0.05, 0.1) is 5.56 Å². The number of carbonyl (C=O) groups is 1. The van der Waals surface area contributed by atoms with Gasteiger partial charge in [0, 0.05) is 23.5 Å². The van der Waals surface area contributed by atoms with Crippen molar-refractivity contribution in [3.63, 3.8) is 0 Å². The summed E-state index contributed by atoms with van der Waals surface area (Å²) in [6.45, 7) is 3.77. The molecule has 0 aliphatic rings. The van der Waals surface area contributed by atoms with Gasteiger partial charge in [-0.2, -0.15) is 0 Å². The van der Waals surface area contributed by atoms with E-state index in [2.05, 4.69) is 20.5 Å². The average molecular weight is 347 g/mol. The Labute approximate surface area is 148 Å². The minimum atomic E-state index is -0.188. The van der Waals surface area contributed by atoms with Crippen LogP contribution in [0.15, 0.2) is 36.5 Å². The van der Waals surface area contributed by atoms with Crippen molar-refractivity contribution in [1.29, 1.82) is 0 Å². The topological polar surface area (TPSA) is 57.3 Å². The third-order valence-electron chi connectivity index (χ3n) is 3.55. The molecule has 0 saturated heterocycles. The lowest BCUT2D eigenvalue weighted by atomic mass is 10.2. The van der Waals surface area contributed by atoms with E-state index in [1.54, 1.807) is 24.4 Å². The van der Waals surface area contributed by atoms with Gasteiger partial charge in [-0.1, -0.05) is 11.6 Å². The molecule has 0 spiro atoms. The van der Waals surface area contributed by atoms with Crippen LogP contribution in [-0.4, -0.2) is 43.0 Å². The maximum absolute atomic E-state index is 12.3. The summed E-state index contributed by atoms with van der Waals surface area (Å²) < 4.78 is 0. The van der Waals surface area contributed by atoms with Crippen LogP contribution >= 0.6 is 11.6 Å². The van der Waals surface area contributed by atoms with Crippen LogP contribution in [0.3, 0.4) is 0 Å². The summed E-state index contributed by atoms with van der Waals surface area (Å²) in [7, 11) is 4.10. The lowest BCUT2D eigenvalue weighted by Crippen LogP contribution is -2.17. The van der Waals surface area contributed by atoms with Gasteiger partial charge in [0.2, 0.25) is 0 Å². The molecule has 5 nitrogen and oxygen atoms in total. The Morgan fingerprint density at radius 1 is 1.25 bits per heavy atom. The number of hydrogen-bond donors (Lipinski definition) is 2. The fourth-order valence-electron chi connectivity index (χ4n) is 2.21. The number of nitrogens with zero attached hydrogens (tertiary/aromatic N) is 2. The van der Waals surface area contributed by atoms with Gasteiger partial charge >= 0.3 is 0 Å². The van der Waals surface area contributed by atoms with E-state index in [0.29, 0.717) is 10.6 Å². The fraction of sp³-hybridized carbons (Fsp3) is 0.333. The quantitative estimate of drug-likeness (QED) is 0.751. The van der Waals surface area contributed by atoms with Crippen LogP contribution in [0.1, 0.15) is 22.3 Å². The molecule has 1 heterocycles. The highest BCUT2D eigenvalue weighted by Crippen LogP contribution is 2.20. The summed E-state index contributed by atoms with van der Waals surface area (Å²) in [6, 6.07) is 8.95. The molecule has 0 radical (unpaired) electrons. The predicted molar refractivity (Wildman–Crippen MR) is 100 cm³/mol. The summed E-state index contributed by atoms with van der Waals surface area (Å²) in [5.74, 6) is 0.583. The van der Waals surface area contributed by atoms with E-state index in [4.69, 9.17) is 11.6 Å². The monoisotopic (exact) mass is 346 g/mol. The van der Waals surface area contributed by atoms with E-state index >= 15 is 0 Å². The summed E-state index contributed by atoms with van der Waals surface area (Å²) in [5.41, 5.74) is 2.18. The standard InChI is InChI=1S/C18H23ClN4O/c1-13-11-15(19)6-7-16(13)22-18(24)14-5-8-17(21-12-14)20-9-4-10-23(2)3/h5-8,11-12H,4,9-10H2,1-3H3,(H,20,21)(H,22,24). The van der Waals surface area contributed by atoms with Crippen LogP contribution < -0.4 is 10.6 Å². The van der Waals surface area contributed by atoms with Crippen LogP contribution in [0.4, 0.5) is 11.5 Å². The number of aryl methyl sites for hydroxylation is 1. The number of carbonyl (C=O) groups excluding carboxylic acids is 1. The van der Waals surface area contributed by atoms with E-state index in [9.17, 15) is 4.79 Å². The molecule has 2 aromatic rings. The molecule has 0 aliphatic heterocycles. The van der Waals surface area contributed by atoms with Crippen LogP contribution in [0.5, 0.6) is 0 Å². The third-order valence-corrected chi connectivity index (χ3v) is 3.79. The van der Waals surface area contributed by atoms with Crippen molar-refractivity contribution in [2.45, 2.75) is 13.3 Å². The normalized spacial score (nSPS) is 10.7. The van der Waals surface area contributed by atoms with E-state index in [1.807, 2.05) is 33.2 Å². The molecule has 1 amide bonds. The van der Waals surface area contributed by atoms with Gasteiger partial charge in [-0.15, -0.1) is 0 Å². The number of rotatable bonds is 7. The molecule has 0 unspecified atom stereocenters. The maximum atomic E-state index is 12.3. The molecule has 0 saturated carbocycles. The number of aromatic nitrogens is 1. The van der Waals surface area contributed by atoms with E-state index in [-0.39, 0.29) is 5.91 Å². The molecule has 0 aliphatic carbocycles. The Balaban J connectivity index is 1.91. The SMILES string of the molecule is Cc1cc(Cl)ccc1NC(=O)c1ccc(NCCCN(C)C)nc1. The molecular formula is C18H23ClN4O. The first-order valence-corrected chi connectivity index (χ1v) is 8.25. The first kappa shape index (κ1) is 18.2. The van der Waals surface area contributed by atoms with E-state index in [0.717, 1.165) is 36.6 Å². The van der Waals surface area contributed by atoms with E-state index in [1.165, 1.54) is 0 Å². The van der Waals surface area contributed by atoms with Crippen molar-refractivity contribution in [1.82, 2.24) is 9.88 Å². The summed E-state index contributed by atoms with van der Waals surface area (Å²) in [5, 5.41) is 6.77. The van der Waals surface area contributed by atoms with Gasteiger partial charge in [0.1, 0.15) is 5.82 Å². The molecule has 0 atom stereocenters. The summed E-state index contributed by atoms with van der Waals surface area (Å²) >= 11 is 5.92. The summed E-state index contributed by atoms with van der Waals surface area (Å²) in [6.07, 6.45) is 2.61. The Bertz CT molecular complexity index is 686. The first-order chi connectivity index (χ1) is 11.5. The van der Waals surface area contributed by atoms with Gasteiger partial charge in [0.15, 0.2) is 0 Å². The number of anilines is 2. The number of amides is 1. The molecule has 24 heavy (non-hydrogen) atoms. The largest absolute Gasteiger partial charge is 0.370 e. The van der Waals surface area contributed by atoms with Crippen molar-refractivity contribution in [3.8, 4) is 0 Å². The third kappa shape index (κ3) is 5.51.